The van der Waals surface area contributed by atoms with Gasteiger partial charge in [0.2, 0.25) is 0 Å². The van der Waals surface area contributed by atoms with E-state index >= 15 is 0 Å². The Morgan fingerprint density at radius 1 is 0.900 bits per heavy atom. The summed E-state index contributed by atoms with van der Waals surface area (Å²) in [5, 5.41) is 3.36. The fraction of sp³-hybridized carbons (Fsp3) is 0.120. The van der Waals surface area contributed by atoms with Crippen molar-refractivity contribution in [2.45, 2.75) is 13.8 Å². The highest BCUT2D eigenvalue weighted by Crippen LogP contribution is 2.26. The molecule has 0 spiro atoms. The van der Waals surface area contributed by atoms with Crippen LogP contribution in [-0.2, 0) is 0 Å². The van der Waals surface area contributed by atoms with E-state index in [-0.39, 0.29) is 11.3 Å². The lowest BCUT2D eigenvalue weighted by Crippen LogP contribution is -2.12. The summed E-state index contributed by atoms with van der Waals surface area (Å²) in [7, 11) is 1.55. The predicted octanol–water partition coefficient (Wildman–Crippen LogP) is 5.34. The van der Waals surface area contributed by atoms with Gasteiger partial charge >= 0.3 is 0 Å². The van der Waals surface area contributed by atoms with Crippen LogP contribution in [-0.4, -0.2) is 13.0 Å². The highest BCUT2D eigenvalue weighted by atomic mass is 16.5. The highest BCUT2D eigenvalue weighted by molar-refractivity contribution is 6.04. The quantitative estimate of drug-likeness (QED) is 0.503. The van der Waals surface area contributed by atoms with Crippen LogP contribution in [0, 0.1) is 13.8 Å². The summed E-state index contributed by atoms with van der Waals surface area (Å²) < 4.78 is 11.1. The van der Waals surface area contributed by atoms with Crippen molar-refractivity contribution in [3.8, 4) is 17.1 Å². The van der Waals surface area contributed by atoms with Gasteiger partial charge in [-0.1, -0.05) is 6.07 Å². The minimum absolute atomic E-state index is 0.141. The third-order valence-corrected chi connectivity index (χ3v) is 5.13. The van der Waals surface area contributed by atoms with Crippen molar-refractivity contribution in [1.82, 2.24) is 0 Å². The Kier molecular flexibility index (Phi) is 5.11. The topological polar surface area (TPSA) is 68.5 Å². The Morgan fingerprint density at radius 3 is 2.37 bits per heavy atom. The molecular weight excluding hydrogens is 378 g/mol. The summed E-state index contributed by atoms with van der Waals surface area (Å²) in [6, 6.07) is 19.4. The second-order valence-corrected chi connectivity index (χ2v) is 7.17. The minimum atomic E-state index is -0.169. The first-order valence-electron chi connectivity index (χ1n) is 9.55. The first-order chi connectivity index (χ1) is 14.4. The lowest BCUT2D eigenvalue weighted by molar-refractivity contribution is 0.102. The normalized spacial score (nSPS) is 10.8. The van der Waals surface area contributed by atoms with Crippen LogP contribution in [0.4, 0.5) is 5.69 Å². The van der Waals surface area contributed by atoms with Gasteiger partial charge in [0.25, 0.3) is 5.91 Å². The van der Waals surface area contributed by atoms with Crippen molar-refractivity contribution in [3.05, 3.63) is 93.6 Å². The van der Waals surface area contributed by atoms with Gasteiger partial charge in [0, 0.05) is 22.9 Å². The number of aryl methyl sites for hydroxylation is 2. The number of methoxy groups -OCH3 is 1. The van der Waals surface area contributed by atoms with Crippen LogP contribution < -0.4 is 15.5 Å². The van der Waals surface area contributed by atoms with Crippen molar-refractivity contribution in [3.63, 3.8) is 0 Å². The maximum absolute atomic E-state index is 12.5. The Labute approximate surface area is 173 Å². The van der Waals surface area contributed by atoms with E-state index in [0.29, 0.717) is 33.7 Å². The molecule has 3 aromatic carbocycles. The van der Waals surface area contributed by atoms with E-state index in [9.17, 15) is 9.59 Å². The first kappa shape index (κ1) is 19.5. The molecule has 0 saturated carbocycles. The van der Waals surface area contributed by atoms with Crippen molar-refractivity contribution >= 4 is 22.6 Å². The third-order valence-electron chi connectivity index (χ3n) is 5.13. The average Bonchev–Trinajstić information content (AvgIpc) is 2.76. The molecule has 4 rings (SSSR count). The largest absolute Gasteiger partial charge is 0.497 e. The molecule has 5 nitrogen and oxygen atoms in total. The van der Waals surface area contributed by atoms with Gasteiger partial charge in [-0.3, -0.25) is 9.59 Å². The average molecular weight is 399 g/mol. The maximum Gasteiger partial charge on any atom is 0.255 e. The number of rotatable bonds is 4. The van der Waals surface area contributed by atoms with Crippen molar-refractivity contribution in [1.29, 1.82) is 0 Å². The molecule has 1 heterocycles. The van der Waals surface area contributed by atoms with Crippen LogP contribution in [0.1, 0.15) is 21.5 Å². The van der Waals surface area contributed by atoms with Gasteiger partial charge in [-0.2, -0.15) is 0 Å². The molecule has 150 valence electrons. The summed E-state index contributed by atoms with van der Waals surface area (Å²) >= 11 is 0. The Bertz CT molecular complexity index is 1300. The number of nitrogens with one attached hydrogen (secondary N) is 1. The van der Waals surface area contributed by atoms with Gasteiger partial charge in [-0.05, 0) is 79.6 Å². The van der Waals surface area contributed by atoms with E-state index in [1.165, 1.54) is 6.07 Å². The predicted molar refractivity (Wildman–Crippen MR) is 118 cm³/mol. The summed E-state index contributed by atoms with van der Waals surface area (Å²) in [6.45, 7) is 3.99. The van der Waals surface area contributed by atoms with E-state index in [1.54, 1.807) is 37.4 Å². The summed E-state index contributed by atoms with van der Waals surface area (Å²) in [5.74, 6) is 0.896. The van der Waals surface area contributed by atoms with Crippen LogP contribution in [0.5, 0.6) is 5.75 Å². The lowest BCUT2D eigenvalue weighted by atomic mass is 10.1. The Balaban J connectivity index is 1.58. The number of ether oxygens (including phenoxy) is 1. The van der Waals surface area contributed by atoms with Crippen LogP contribution in [0.15, 0.2) is 75.9 Å². The molecule has 0 atom stereocenters. The molecule has 1 aromatic heterocycles. The van der Waals surface area contributed by atoms with Gasteiger partial charge in [0.05, 0.1) is 12.5 Å². The van der Waals surface area contributed by atoms with Crippen molar-refractivity contribution in [2.75, 3.05) is 12.4 Å². The molecule has 1 N–H and O–H groups in total. The van der Waals surface area contributed by atoms with Gasteiger partial charge in [0.1, 0.15) is 17.1 Å². The zero-order chi connectivity index (χ0) is 21.3. The fourth-order valence-electron chi connectivity index (χ4n) is 3.21. The SMILES string of the molecule is COc1ccc2oc(-c3ccc(NC(=O)c4ccc(C)c(C)c4)cc3)cc(=O)c2c1. The van der Waals surface area contributed by atoms with Crippen LogP contribution in [0.25, 0.3) is 22.3 Å². The second kappa shape index (κ2) is 7.87. The zero-order valence-corrected chi connectivity index (χ0v) is 17.0. The van der Waals surface area contributed by atoms with Gasteiger partial charge in [-0.25, -0.2) is 0 Å². The maximum atomic E-state index is 12.5. The Morgan fingerprint density at radius 2 is 1.67 bits per heavy atom. The molecule has 0 radical (unpaired) electrons. The van der Waals surface area contributed by atoms with E-state index in [2.05, 4.69) is 5.32 Å². The Hall–Kier alpha value is -3.86. The van der Waals surface area contributed by atoms with E-state index in [4.69, 9.17) is 9.15 Å². The molecule has 0 aliphatic rings. The fourth-order valence-corrected chi connectivity index (χ4v) is 3.21. The summed E-state index contributed by atoms with van der Waals surface area (Å²) in [4.78, 5) is 25.0. The van der Waals surface area contributed by atoms with Gasteiger partial charge < -0.3 is 14.5 Å². The number of amides is 1. The molecule has 5 heteroatoms. The molecule has 0 bridgehead atoms. The standard InChI is InChI=1S/C25H21NO4/c1-15-4-5-18(12-16(15)2)25(28)26-19-8-6-17(7-9-19)24-14-22(27)21-13-20(29-3)10-11-23(21)30-24/h4-14H,1-3H3,(H,26,28). The van der Waals surface area contributed by atoms with Crippen molar-refractivity contribution < 1.29 is 13.9 Å². The zero-order valence-electron chi connectivity index (χ0n) is 17.0. The van der Waals surface area contributed by atoms with Gasteiger partial charge in [-0.15, -0.1) is 0 Å². The number of hydrogen-bond donors (Lipinski definition) is 1. The summed E-state index contributed by atoms with van der Waals surface area (Å²) in [5.41, 5.74) is 4.58. The number of fused-ring (bicyclic) bond motifs is 1. The van der Waals surface area contributed by atoms with Crippen molar-refractivity contribution in [2.24, 2.45) is 0 Å². The molecule has 0 unspecified atom stereocenters. The van der Waals surface area contributed by atoms with E-state index in [0.717, 1.165) is 16.7 Å². The molecule has 0 aliphatic heterocycles. The third kappa shape index (κ3) is 3.82. The molecule has 0 saturated heterocycles. The van der Waals surface area contributed by atoms with Crippen LogP contribution >= 0.6 is 0 Å². The van der Waals surface area contributed by atoms with Crippen LogP contribution in [0.3, 0.4) is 0 Å². The molecular formula is C25H21NO4. The van der Waals surface area contributed by atoms with Gasteiger partial charge in [0.15, 0.2) is 5.43 Å². The molecule has 4 aromatic rings. The molecule has 1 amide bonds. The van der Waals surface area contributed by atoms with E-state index < -0.39 is 0 Å². The second-order valence-electron chi connectivity index (χ2n) is 7.17. The number of hydrogen-bond acceptors (Lipinski definition) is 4. The number of carbonyl (C=O) groups is 1. The monoisotopic (exact) mass is 399 g/mol. The molecule has 0 aliphatic carbocycles. The highest BCUT2D eigenvalue weighted by Gasteiger charge is 2.10. The molecule has 30 heavy (non-hydrogen) atoms. The van der Waals surface area contributed by atoms with E-state index in [1.807, 2.05) is 44.2 Å². The number of carbonyl (C=O) groups excluding carboxylic acids is 1. The van der Waals surface area contributed by atoms with Crippen LogP contribution in [0.2, 0.25) is 0 Å². The number of benzene rings is 3. The first-order valence-corrected chi connectivity index (χ1v) is 9.55. The minimum Gasteiger partial charge on any atom is -0.497 e. The molecule has 0 fully saturated rings. The smallest absolute Gasteiger partial charge is 0.255 e. The number of anilines is 1. The lowest BCUT2D eigenvalue weighted by Gasteiger charge is -2.09. The summed E-state index contributed by atoms with van der Waals surface area (Å²) in [6.07, 6.45) is 0.